The molecular weight excluding hydrogens is 413 g/mol. The molecule has 0 unspecified atom stereocenters. The van der Waals surface area contributed by atoms with Gasteiger partial charge in [-0.1, -0.05) is 30.3 Å². The molecule has 2 aliphatic carbocycles. The summed E-state index contributed by atoms with van der Waals surface area (Å²) in [5.41, 5.74) is 4.33. The minimum Gasteiger partial charge on any atom is -0.369 e. The smallest absolute Gasteiger partial charge is 0.247 e. The van der Waals surface area contributed by atoms with Crippen molar-refractivity contribution in [2.75, 3.05) is 37.6 Å². The SMILES string of the molecule is O=C(NC1CCC(CCN2CCN(c3cccc(F)c3)CC2)CC1)C1=Cc2ccccc2C1. The van der Waals surface area contributed by atoms with E-state index in [1.165, 1.54) is 36.5 Å². The molecule has 1 saturated carbocycles. The minimum absolute atomic E-state index is 0.116. The number of anilines is 1. The normalized spacial score (nSPS) is 23.2. The van der Waals surface area contributed by atoms with Gasteiger partial charge in [0.05, 0.1) is 0 Å². The van der Waals surface area contributed by atoms with Crippen molar-refractivity contribution in [3.05, 3.63) is 71.0 Å². The van der Waals surface area contributed by atoms with Gasteiger partial charge < -0.3 is 10.2 Å². The van der Waals surface area contributed by atoms with Gasteiger partial charge in [0.25, 0.3) is 0 Å². The Morgan fingerprint density at radius 3 is 2.52 bits per heavy atom. The Morgan fingerprint density at radius 1 is 0.970 bits per heavy atom. The summed E-state index contributed by atoms with van der Waals surface area (Å²) < 4.78 is 13.5. The summed E-state index contributed by atoms with van der Waals surface area (Å²) in [7, 11) is 0. The molecule has 33 heavy (non-hydrogen) atoms. The number of carbonyl (C=O) groups excluding carboxylic acids is 1. The summed E-state index contributed by atoms with van der Waals surface area (Å²) in [5, 5.41) is 3.30. The minimum atomic E-state index is -0.160. The molecule has 2 aromatic carbocycles. The maximum atomic E-state index is 13.5. The van der Waals surface area contributed by atoms with Crippen molar-refractivity contribution < 1.29 is 9.18 Å². The molecule has 2 fully saturated rings. The highest BCUT2D eigenvalue weighted by Crippen LogP contribution is 2.29. The van der Waals surface area contributed by atoms with Crippen molar-refractivity contribution >= 4 is 17.7 Å². The Hall–Kier alpha value is -2.66. The van der Waals surface area contributed by atoms with E-state index < -0.39 is 0 Å². The highest BCUT2D eigenvalue weighted by atomic mass is 19.1. The topological polar surface area (TPSA) is 35.6 Å². The van der Waals surface area contributed by atoms with E-state index >= 15 is 0 Å². The van der Waals surface area contributed by atoms with E-state index in [4.69, 9.17) is 0 Å². The lowest BCUT2D eigenvalue weighted by Crippen LogP contribution is -2.47. The van der Waals surface area contributed by atoms with Crippen molar-refractivity contribution in [3.8, 4) is 0 Å². The Balaban J connectivity index is 1.00. The first-order valence-electron chi connectivity index (χ1n) is 12.5. The van der Waals surface area contributed by atoms with E-state index in [2.05, 4.69) is 27.2 Å². The molecule has 1 amide bonds. The molecule has 5 rings (SSSR count). The summed E-state index contributed by atoms with van der Waals surface area (Å²) in [5.74, 6) is 0.715. The van der Waals surface area contributed by atoms with Gasteiger partial charge in [0.1, 0.15) is 5.82 Å². The van der Waals surface area contributed by atoms with E-state index in [9.17, 15) is 9.18 Å². The molecule has 4 nitrogen and oxygen atoms in total. The van der Waals surface area contributed by atoms with Crippen LogP contribution in [-0.4, -0.2) is 49.6 Å². The molecule has 3 aliphatic rings. The second-order valence-corrected chi connectivity index (χ2v) is 9.83. The second kappa shape index (κ2) is 10.1. The van der Waals surface area contributed by atoms with Gasteiger partial charge in [0.15, 0.2) is 0 Å². The average molecular weight is 448 g/mol. The van der Waals surface area contributed by atoms with Crippen LogP contribution in [0.5, 0.6) is 0 Å². The second-order valence-electron chi connectivity index (χ2n) is 9.83. The fraction of sp³-hybridized carbons (Fsp3) is 0.464. The van der Waals surface area contributed by atoms with Gasteiger partial charge in [-0.2, -0.15) is 0 Å². The summed E-state index contributed by atoms with van der Waals surface area (Å²) in [4.78, 5) is 17.6. The fourth-order valence-electron chi connectivity index (χ4n) is 5.57. The monoisotopic (exact) mass is 447 g/mol. The van der Waals surface area contributed by atoms with Crippen LogP contribution in [0.2, 0.25) is 0 Å². The molecule has 0 aromatic heterocycles. The lowest BCUT2D eigenvalue weighted by Gasteiger charge is -2.37. The molecule has 1 saturated heterocycles. The van der Waals surface area contributed by atoms with Crippen LogP contribution in [-0.2, 0) is 11.2 Å². The number of nitrogens with zero attached hydrogens (tertiary/aromatic N) is 2. The van der Waals surface area contributed by atoms with Gasteiger partial charge in [-0.25, -0.2) is 4.39 Å². The van der Waals surface area contributed by atoms with E-state index in [0.717, 1.165) is 69.2 Å². The maximum Gasteiger partial charge on any atom is 0.247 e. The van der Waals surface area contributed by atoms with Crippen LogP contribution in [0, 0.1) is 11.7 Å². The quantitative estimate of drug-likeness (QED) is 0.700. The van der Waals surface area contributed by atoms with E-state index in [0.29, 0.717) is 6.04 Å². The first-order valence-corrected chi connectivity index (χ1v) is 12.5. The number of rotatable bonds is 6. The molecule has 2 aromatic rings. The maximum absolute atomic E-state index is 13.5. The van der Waals surface area contributed by atoms with Crippen molar-refractivity contribution in [2.45, 2.75) is 44.6 Å². The number of amides is 1. The number of hydrogen-bond donors (Lipinski definition) is 1. The molecule has 5 heteroatoms. The highest BCUT2D eigenvalue weighted by molar-refractivity contribution is 6.00. The Bertz CT molecular complexity index is 1000. The van der Waals surface area contributed by atoms with Crippen LogP contribution in [0.25, 0.3) is 6.08 Å². The summed E-state index contributed by atoms with van der Waals surface area (Å²) in [6.07, 6.45) is 8.62. The molecule has 1 N–H and O–H groups in total. The number of halogens is 1. The third kappa shape index (κ3) is 5.47. The Morgan fingerprint density at radius 2 is 1.76 bits per heavy atom. The molecule has 0 radical (unpaired) electrons. The zero-order valence-electron chi connectivity index (χ0n) is 19.3. The Kier molecular flexibility index (Phi) is 6.77. The third-order valence-corrected chi connectivity index (χ3v) is 7.64. The molecule has 0 atom stereocenters. The summed E-state index contributed by atoms with van der Waals surface area (Å²) in [6, 6.07) is 15.5. The molecule has 0 bridgehead atoms. The third-order valence-electron chi connectivity index (χ3n) is 7.64. The fourth-order valence-corrected chi connectivity index (χ4v) is 5.57. The van der Waals surface area contributed by atoms with Crippen LogP contribution in [0.15, 0.2) is 54.1 Å². The number of carbonyl (C=O) groups is 1. The van der Waals surface area contributed by atoms with Crippen LogP contribution in [0.3, 0.4) is 0 Å². The van der Waals surface area contributed by atoms with Crippen molar-refractivity contribution in [1.29, 1.82) is 0 Å². The van der Waals surface area contributed by atoms with Crippen LogP contribution in [0.1, 0.15) is 43.2 Å². The van der Waals surface area contributed by atoms with E-state index in [1.54, 1.807) is 12.1 Å². The number of nitrogens with one attached hydrogen (secondary N) is 1. The molecule has 0 spiro atoms. The summed E-state index contributed by atoms with van der Waals surface area (Å²) >= 11 is 0. The van der Waals surface area contributed by atoms with Crippen LogP contribution >= 0.6 is 0 Å². The lowest BCUT2D eigenvalue weighted by atomic mass is 9.84. The van der Waals surface area contributed by atoms with Crippen LogP contribution < -0.4 is 10.2 Å². The van der Waals surface area contributed by atoms with Gasteiger partial charge in [-0.15, -0.1) is 0 Å². The van der Waals surface area contributed by atoms with Crippen molar-refractivity contribution in [1.82, 2.24) is 10.2 Å². The number of benzene rings is 2. The molecular formula is C28H34FN3O. The zero-order valence-corrected chi connectivity index (χ0v) is 19.3. The zero-order chi connectivity index (χ0) is 22.6. The average Bonchev–Trinajstić information content (AvgIpc) is 3.29. The van der Waals surface area contributed by atoms with E-state index in [1.807, 2.05) is 24.3 Å². The first-order chi connectivity index (χ1) is 16.1. The van der Waals surface area contributed by atoms with Gasteiger partial charge in [-0.3, -0.25) is 9.69 Å². The lowest BCUT2D eigenvalue weighted by molar-refractivity contribution is -0.118. The number of piperazine rings is 1. The van der Waals surface area contributed by atoms with Crippen LogP contribution in [0.4, 0.5) is 10.1 Å². The predicted octanol–water partition coefficient (Wildman–Crippen LogP) is 4.65. The van der Waals surface area contributed by atoms with E-state index in [-0.39, 0.29) is 11.7 Å². The predicted molar refractivity (Wildman–Crippen MR) is 132 cm³/mol. The molecule has 174 valence electrons. The van der Waals surface area contributed by atoms with Gasteiger partial charge in [0, 0.05) is 49.9 Å². The molecule has 1 heterocycles. The largest absolute Gasteiger partial charge is 0.369 e. The van der Waals surface area contributed by atoms with Gasteiger partial charge >= 0.3 is 0 Å². The highest BCUT2D eigenvalue weighted by Gasteiger charge is 2.26. The number of hydrogen-bond acceptors (Lipinski definition) is 3. The summed E-state index contributed by atoms with van der Waals surface area (Å²) in [6.45, 7) is 5.15. The van der Waals surface area contributed by atoms with Gasteiger partial charge in [-0.05, 0) is 80.0 Å². The van der Waals surface area contributed by atoms with Gasteiger partial charge in [0.2, 0.25) is 5.91 Å². The Labute approximate surface area is 196 Å². The molecule has 1 aliphatic heterocycles. The van der Waals surface area contributed by atoms with Crippen molar-refractivity contribution in [2.24, 2.45) is 5.92 Å². The first kappa shape index (κ1) is 22.1. The number of fused-ring (bicyclic) bond motifs is 1. The van der Waals surface area contributed by atoms with Crippen molar-refractivity contribution in [3.63, 3.8) is 0 Å². The standard InChI is InChI=1S/C28H34FN3O/c29-25-6-3-7-27(20-25)32-16-14-31(15-17-32)13-12-21-8-10-26(11-9-21)30-28(33)24-18-22-4-1-2-5-23(22)19-24/h1-7,18,20-21,26H,8-17,19H2,(H,30,33).